The summed E-state index contributed by atoms with van der Waals surface area (Å²) in [6, 6.07) is 0.288. The van der Waals surface area contributed by atoms with Gasteiger partial charge in [-0.25, -0.2) is 9.97 Å². The minimum atomic E-state index is 0.288. The Bertz CT molecular complexity index is 265. The summed E-state index contributed by atoms with van der Waals surface area (Å²) in [5.41, 5.74) is 0. The molecule has 0 fully saturated rings. The minimum Gasteiger partial charge on any atom is -0.385 e. The van der Waals surface area contributed by atoms with Crippen molar-refractivity contribution in [1.29, 1.82) is 0 Å². The largest absolute Gasteiger partial charge is 0.385 e. The van der Waals surface area contributed by atoms with E-state index in [0.717, 1.165) is 13.0 Å². The van der Waals surface area contributed by atoms with Gasteiger partial charge in [-0.05, 0) is 13.3 Å². The van der Waals surface area contributed by atoms with Crippen molar-refractivity contribution < 1.29 is 4.74 Å². The highest BCUT2D eigenvalue weighted by atomic mass is 35.5. The molecular weight excluding hydrogens is 202 g/mol. The van der Waals surface area contributed by atoms with Crippen LogP contribution >= 0.6 is 11.6 Å². The second-order valence-electron chi connectivity index (χ2n) is 3.05. The summed E-state index contributed by atoms with van der Waals surface area (Å²) in [7, 11) is 1.69. The topological polar surface area (TPSA) is 47.0 Å². The van der Waals surface area contributed by atoms with Gasteiger partial charge in [-0.2, -0.15) is 0 Å². The molecule has 0 aliphatic rings. The van der Waals surface area contributed by atoms with Crippen molar-refractivity contribution in [3.8, 4) is 0 Å². The van der Waals surface area contributed by atoms with Gasteiger partial charge in [0.15, 0.2) is 0 Å². The molecule has 1 atom stereocenters. The van der Waals surface area contributed by atoms with Gasteiger partial charge in [0.1, 0.15) is 0 Å². The number of rotatable bonds is 5. The van der Waals surface area contributed by atoms with E-state index in [1.807, 2.05) is 0 Å². The van der Waals surface area contributed by atoms with Crippen molar-refractivity contribution in [1.82, 2.24) is 9.97 Å². The maximum absolute atomic E-state index is 5.66. The normalized spacial score (nSPS) is 12.5. The Kier molecular flexibility index (Phi) is 4.62. The maximum atomic E-state index is 5.66. The zero-order chi connectivity index (χ0) is 10.4. The summed E-state index contributed by atoms with van der Waals surface area (Å²) in [4.78, 5) is 8.06. The molecule has 0 amide bonds. The SMILES string of the molecule is COCCC(C)Nc1ncc(Cl)cn1. The third-order valence-electron chi connectivity index (χ3n) is 1.75. The second kappa shape index (κ2) is 5.78. The van der Waals surface area contributed by atoms with E-state index in [2.05, 4.69) is 22.2 Å². The molecule has 0 spiro atoms. The fourth-order valence-electron chi connectivity index (χ4n) is 0.974. The molecule has 1 rings (SSSR count). The number of aromatic nitrogens is 2. The second-order valence-corrected chi connectivity index (χ2v) is 3.49. The summed E-state index contributed by atoms with van der Waals surface area (Å²) in [5.74, 6) is 0.595. The Labute approximate surface area is 88.7 Å². The summed E-state index contributed by atoms with van der Waals surface area (Å²) >= 11 is 5.66. The molecule has 1 heterocycles. The van der Waals surface area contributed by atoms with Gasteiger partial charge in [0.2, 0.25) is 5.95 Å². The first-order valence-corrected chi connectivity index (χ1v) is 4.83. The molecule has 1 N–H and O–H groups in total. The van der Waals surface area contributed by atoms with Crippen LogP contribution in [0.15, 0.2) is 12.4 Å². The van der Waals surface area contributed by atoms with Crippen molar-refractivity contribution >= 4 is 17.5 Å². The van der Waals surface area contributed by atoms with Crippen LogP contribution in [-0.4, -0.2) is 29.7 Å². The molecule has 0 aliphatic heterocycles. The van der Waals surface area contributed by atoms with E-state index in [9.17, 15) is 0 Å². The van der Waals surface area contributed by atoms with E-state index in [1.54, 1.807) is 19.5 Å². The van der Waals surface area contributed by atoms with Crippen LogP contribution in [0.5, 0.6) is 0 Å². The first-order chi connectivity index (χ1) is 6.72. The van der Waals surface area contributed by atoms with E-state index >= 15 is 0 Å². The van der Waals surface area contributed by atoms with Gasteiger partial charge >= 0.3 is 0 Å². The van der Waals surface area contributed by atoms with E-state index in [0.29, 0.717) is 11.0 Å². The number of methoxy groups -OCH3 is 1. The highest BCUT2D eigenvalue weighted by Crippen LogP contribution is 2.07. The number of hydrogen-bond acceptors (Lipinski definition) is 4. The fraction of sp³-hybridized carbons (Fsp3) is 0.556. The number of nitrogens with zero attached hydrogens (tertiary/aromatic N) is 2. The molecule has 0 saturated heterocycles. The third kappa shape index (κ3) is 3.89. The summed E-state index contributed by atoms with van der Waals surface area (Å²) in [6.45, 7) is 2.78. The molecule has 0 bridgehead atoms. The van der Waals surface area contributed by atoms with E-state index < -0.39 is 0 Å². The van der Waals surface area contributed by atoms with Gasteiger partial charge in [-0.15, -0.1) is 0 Å². The number of halogens is 1. The van der Waals surface area contributed by atoms with E-state index in [1.165, 1.54) is 0 Å². The molecule has 0 saturated carbocycles. The zero-order valence-corrected chi connectivity index (χ0v) is 9.08. The van der Waals surface area contributed by atoms with Crippen LogP contribution < -0.4 is 5.32 Å². The number of anilines is 1. The maximum Gasteiger partial charge on any atom is 0.222 e. The monoisotopic (exact) mass is 215 g/mol. The van der Waals surface area contributed by atoms with Crippen molar-refractivity contribution in [2.75, 3.05) is 19.0 Å². The smallest absolute Gasteiger partial charge is 0.222 e. The fourth-order valence-corrected chi connectivity index (χ4v) is 1.07. The highest BCUT2D eigenvalue weighted by molar-refractivity contribution is 6.30. The van der Waals surface area contributed by atoms with Crippen molar-refractivity contribution in [2.45, 2.75) is 19.4 Å². The molecule has 0 aromatic carbocycles. The quantitative estimate of drug-likeness (QED) is 0.816. The molecule has 78 valence electrons. The average Bonchev–Trinajstić information content (AvgIpc) is 2.18. The summed E-state index contributed by atoms with van der Waals surface area (Å²) in [6.07, 6.45) is 4.06. The molecule has 5 heteroatoms. The van der Waals surface area contributed by atoms with Gasteiger partial charge in [0.05, 0.1) is 17.4 Å². The van der Waals surface area contributed by atoms with E-state index in [-0.39, 0.29) is 6.04 Å². The molecule has 4 nitrogen and oxygen atoms in total. The van der Waals surface area contributed by atoms with Crippen LogP contribution in [0.3, 0.4) is 0 Å². The van der Waals surface area contributed by atoms with Gasteiger partial charge in [-0.1, -0.05) is 11.6 Å². The van der Waals surface area contributed by atoms with Crippen LogP contribution in [0, 0.1) is 0 Å². The predicted molar refractivity (Wildman–Crippen MR) is 56.6 cm³/mol. The lowest BCUT2D eigenvalue weighted by molar-refractivity contribution is 0.191. The third-order valence-corrected chi connectivity index (χ3v) is 1.95. The molecule has 14 heavy (non-hydrogen) atoms. The zero-order valence-electron chi connectivity index (χ0n) is 8.33. The Morgan fingerprint density at radius 2 is 2.14 bits per heavy atom. The lowest BCUT2D eigenvalue weighted by Crippen LogP contribution is -2.18. The highest BCUT2D eigenvalue weighted by Gasteiger charge is 2.02. The Morgan fingerprint density at radius 1 is 1.50 bits per heavy atom. The van der Waals surface area contributed by atoms with Gasteiger partial charge in [0, 0.05) is 19.8 Å². The van der Waals surface area contributed by atoms with Crippen molar-refractivity contribution in [3.63, 3.8) is 0 Å². The van der Waals surface area contributed by atoms with E-state index in [4.69, 9.17) is 16.3 Å². The number of hydrogen-bond donors (Lipinski definition) is 1. The van der Waals surface area contributed by atoms with Crippen molar-refractivity contribution in [2.24, 2.45) is 0 Å². The first kappa shape index (κ1) is 11.2. The van der Waals surface area contributed by atoms with Crippen LogP contribution in [-0.2, 0) is 4.74 Å². The summed E-state index contributed by atoms with van der Waals surface area (Å²) < 4.78 is 4.97. The molecule has 1 aromatic heterocycles. The van der Waals surface area contributed by atoms with Crippen LogP contribution in [0.1, 0.15) is 13.3 Å². The van der Waals surface area contributed by atoms with Crippen molar-refractivity contribution in [3.05, 3.63) is 17.4 Å². The van der Waals surface area contributed by atoms with Crippen LogP contribution in [0.25, 0.3) is 0 Å². The van der Waals surface area contributed by atoms with Gasteiger partial charge in [0.25, 0.3) is 0 Å². The number of ether oxygens (including phenoxy) is 1. The minimum absolute atomic E-state index is 0.288. The standard InChI is InChI=1S/C9H14ClN3O/c1-7(3-4-14-2)13-9-11-5-8(10)6-12-9/h5-7H,3-4H2,1-2H3,(H,11,12,13). The Balaban J connectivity index is 2.39. The molecule has 1 unspecified atom stereocenters. The van der Waals surface area contributed by atoms with Crippen LogP contribution in [0.2, 0.25) is 5.02 Å². The first-order valence-electron chi connectivity index (χ1n) is 4.45. The molecular formula is C9H14ClN3O. The lowest BCUT2D eigenvalue weighted by atomic mass is 10.2. The summed E-state index contributed by atoms with van der Waals surface area (Å²) in [5, 5.41) is 3.68. The van der Waals surface area contributed by atoms with Gasteiger partial charge in [-0.3, -0.25) is 0 Å². The molecule has 0 radical (unpaired) electrons. The molecule has 1 aromatic rings. The molecule has 0 aliphatic carbocycles. The number of nitrogens with one attached hydrogen (secondary N) is 1. The average molecular weight is 216 g/mol. The van der Waals surface area contributed by atoms with Crippen LogP contribution in [0.4, 0.5) is 5.95 Å². The predicted octanol–water partition coefficient (Wildman–Crippen LogP) is 1.97. The Hall–Kier alpha value is -0.870. The van der Waals surface area contributed by atoms with Gasteiger partial charge < -0.3 is 10.1 Å². The Morgan fingerprint density at radius 3 is 2.71 bits per heavy atom. The lowest BCUT2D eigenvalue weighted by Gasteiger charge is -2.12.